The van der Waals surface area contributed by atoms with E-state index in [1.165, 1.54) is 18.2 Å². The minimum atomic E-state index is -1.58. The predicted molar refractivity (Wildman–Crippen MR) is 48.5 cm³/mol. The van der Waals surface area contributed by atoms with Crippen LogP contribution < -0.4 is 5.73 Å². The van der Waals surface area contributed by atoms with E-state index in [0.717, 1.165) is 0 Å². The third-order valence-electron chi connectivity index (χ3n) is 1.49. The highest BCUT2D eigenvalue weighted by Gasteiger charge is 2.16. The summed E-state index contributed by atoms with van der Waals surface area (Å²) in [4.78, 5) is 10.4. The van der Waals surface area contributed by atoms with Crippen molar-refractivity contribution in [2.24, 2.45) is 0 Å². The Hall–Kier alpha value is -1.26. The second-order valence-electron chi connectivity index (χ2n) is 2.56. The third kappa shape index (κ3) is 2.34. The monoisotopic (exact) mass is 201 g/mol. The molecule has 0 aliphatic heterocycles. The first-order valence-corrected chi connectivity index (χ1v) is 3.85. The molecule has 0 aliphatic rings. The summed E-state index contributed by atoms with van der Waals surface area (Å²) in [5.41, 5.74) is 5.91. The van der Waals surface area contributed by atoms with Crippen molar-refractivity contribution in [3.8, 4) is 0 Å². The quantitative estimate of drug-likeness (QED) is 0.625. The number of nitrogens with two attached hydrogens (primary N) is 1. The SMILES string of the molecule is Nc1cc(Cl)cc(C(O)C(=O)O)c1. The standard InChI is InChI=1S/C8H8ClNO3/c9-5-1-4(2-6(10)3-5)7(11)8(12)13/h1-3,7,11H,10H2,(H,12,13). The Morgan fingerprint density at radius 2 is 2.08 bits per heavy atom. The number of carboxylic acid groups (broad SMARTS) is 1. The van der Waals surface area contributed by atoms with Gasteiger partial charge >= 0.3 is 5.97 Å². The van der Waals surface area contributed by atoms with Crippen molar-refractivity contribution in [2.75, 3.05) is 5.73 Å². The summed E-state index contributed by atoms with van der Waals surface area (Å²) in [6, 6.07) is 4.20. The number of aliphatic carboxylic acids is 1. The predicted octanol–water partition coefficient (Wildman–Crippen LogP) is 1.04. The average molecular weight is 202 g/mol. The van der Waals surface area contributed by atoms with E-state index < -0.39 is 12.1 Å². The van der Waals surface area contributed by atoms with Gasteiger partial charge in [0.15, 0.2) is 6.10 Å². The molecule has 70 valence electrons. The topological polar surface area (TPSA) is 83.5 Å². The second kappa shape index (κ2) is 3.64. The normalized spacial score (nSPS) is 12.5. The number of aliphatic hydroxyl groups is 1. The molecule has 1 atom stereocenters. The molecule has 1 aromatic carbocycles. The van der Waals surface area contributed by atoms with E-state index in [1.807, 2.05) is 0 Å². The smallest absolute Gasteiger partial charge is 0.337 e. The van der Waals surface area contributed by atoms with Crippen LogP contribution in [0.5, 0.6) is 0 Å². The molecule has 13 heavy (non-hydrogen) atoms. The molecule has 0 bridgehead atoms. The first-order valence-electron chi connectivity index (χ1n) is 3.47. The summed E-state index contributed by atoms with van der Waals surface area (Å²) < 4.78 is 0. The molecule has 0 amide bonds. The highest BCUT2D eigenvalue weighted by atomic mass is 35.5. The molecule has 1 aromatic rings. The number of halogens is 1. The second-order valence-corrected chi connectivity index (χ2v) is 3.00. The van der Waals surface area contributed by atoms with Crippen molar-refractivity contribution in [2.45, 2.75) is 6.10 Å². The summed E-state index contributed by atoms with van der Waals surface area (Å²) >= 11 is 5.61. The van der Waals surface area contributed by atoms with Crippen LogP contribution in [0.15, 0.2) is 18.2 Å². The minimum absolute atomic E-state index is 0.178. The first-order chi connectivity index (χ1) is 6.00. The molecule has 0 aliphatic carbocycles. The van der Waals surface area contributed by atoms with Gasteiger partial charge in [0.2, 0.25) is 0 Å². The zero-order chi connectivity index (χ0) is 10.0. The molecule has 1 unspecified atom stereocenters. The molecular weight excluding hydrogens is 194 g/mol. The molecule has 0 spiro atoms. The molecule has 0 aromatic heterocycles. The van der Waals surface area contributed by atoms with Crippen molar-refractivity contribution >= 4 is 23.3 Å². The number of carboxylic acids is 1. The lowest BCUT2D eigenvalue weighted by atomic mass is 10.1. The summed E-state index contributed by atoms with van der Waals surface area (Å²) in [6.45, 7) is 0. The molecule has 0 saturated heterocycles. The lowest BCUT2D eigenvalue weighted by Crippen LogP contribution is -2.10. The maximum atomic E-state index is 10.4. The molecular formula is C8H8ClNO3. The number of hydrogen-bond acceptors (Lipinski definition) is 3. The summed E-state index contributed by atoms with van der Waals surface area (Å²) in [7, 11) is 0. The van der Waals surface area contributed by atoms with Gasteiger partial charge in [0, 0.05) is 10.7 Å². The van der Waals surface area contributed by atoms with E-state index in [2.05, 4.69) is 0 Å². The number of nitrogen functional groups attached to an aromatic ring is 1. The van der Waals surface area contributed by atoms with Crippen molar-refractivity contribution < 1.29 is 15.0 Å². The zero-order valence-corrected chi connectivity index (χ0v) is 7.32. The number of anilines is 1. The van der Waals surface area contributed by atoms with Gasteiger partial charge in [-0.1, -0.05) is 11.6 Å². The van der Waals surface area contributed by atoms with Gasteiger partial charge < -0.3 is 15.9 Å². The fourth-order valence-corrected chi connectivity index (χ4v) is 1.19. The van der Waals surface area contributed by atoms with Gasteiger partial charge in [0.05, 0.1) is 0 Å². The third-order valence-corrected chi connectivity index (χ3v) is 1.71. The van der Waals surface area contributed by atoms with Crippen molar-refractivity contribution in [1.82, 2.24) is 0 Å². The number of rotatable bonds is 2. The zero-order valence-electron chi connectivity index (χ0n) is 6.57. The molecule has 0 saturated carbocycles. The van der Waals surface area contributed by atoms with Gasteiger partial charge in [-0.05, 0) is 23.8 Å². The Morgan fingerprint density at radius 3 is 2.54 bits per heavy atom. The van der Waals surface area contributed by atoms with E-state index in [0.29, 0.717) is 10.7 Å². The van der Waals surface area contributed by atoms with Crippen LogP contribution in [0.4, 0.5) is 5.69 Å². The molecule has 4 N–H and O–H groups in total. The Morgan fingerprint density at radius 1 is 1.46 bits per heavy atom. The van der Waals surface area contributed by atoms with Crippen LogP contribution in [-0.2, 0) is 4.79 Å². The molecule has 5 heteroatoms. The number of aliphatic hydroxyl groups excluding tert-OH is 1. The maximum absolute atomic E-state index is 10.4. The van der Waals surface area contributed by atoms with Crippen LogP contribution in [0.3, 0.4) is 0 Å². The Balaban J connectivity index is 3.07. The van der Waals surface area contributed by atoms with Crippen LogP contribution in [0.1, 0.15) is 11.7 Å². The molecule has 0 radical (unpaired) electrons. The van der Waals surface area contributed by atoms with Crippen LogP contribution in [0.2, 0.25) is 5.02 Å². The fourth-order valence-electron chi connectivity index (χ4n) is 0.936. The van der Waals surface area contributed by atoms with Gasteiger partial charge in [0.25, 0.3) is 0 Å². The average Bonchev–Trinajstić information content (AvgIpc) is 2.01. The minimum Gasteiger partial charge on any atom is -0.479 e. The van der Waals surface area contributed by atoms with E-state index in [4.69, 9.17) is 27.5 Å². The highest BCUT2D eigenvalue weighted by molar-refractivity contribution is 6.30. The largest absolute Gasteiger partial charge is 0.479 e. The van der Waals surface area contributed by atoms with Crippen LogP contribution in [0, 0.1) is 0 Å². The lowest BCUT2D eigenvalue weighted by molar-refractivity contribution is -0.146. The van der Waals surface area contributed by atoms with Crippen molar-refractivity contribution in [3.63, 3.8) is 0 Å². The van der Waals surface area contributed by atoms with Gasteiger partial charge in [-0.25, -0.2) is 4.79 Å². The van der Waals surface area contributed by atoms with Crippen molar-refractivity contribution in [1.29, 1.82) is 0 Å². The van der Waals surface area contributed by atoms with E-state index >= 15 is 0 Å². The fraction of sp³-hybridized carbons (Fsp3) is 0.125. The van der Waals surface area contributed by atoms with Crippen LogP contribution in [-0.4, -0.2) is 16.2 Å². The molecule has 4 nitrogen and oxygen atoms in total. The summed E-state index contributed by atoms with van der Waals surface area (Å²) in [6.07, 6.45) is -1.58. The van der Waals surface area contributed by atoms with Gasteiger partial charge in [-0.15, -0.1) is 0 Å². The van der Waals surface area contributed by atoms with Crippen molar-refractivity contribution in [3.05, 3.63) is 28.8 Å². The van der Waals surface area contributed by atoms with Crippen LogP contribution >= 0.6 is 11.6 Å². The Kier molecular flexibility index (Phi) is 2.75. The number of hydrogen-bond donors (Lipinski definition) is 3. The van der Waals surface area contributed by atoms with E-state index in [-0.39, 0.29) is 5.56 Å². The summed E-state index contributed by atoms with van der Waals surface area (Å²) in [5, 5.41) is 17.9. The maximum Gasteiger partial charge on any atom is 0.337 e. The lowest BCUT2D eigenvalue weighted by Gasteiger charge is -2.06. The highest BCUT2D eigenvalue weighted by Crippen LogP contribution is 2.21. The molecule has 0 fully saturated rings. The molecule has 1 rings (SSSR count). The Labute approximate surface area is 79.6 Å². The van der Waals surface area contributed by atoms with Crippen LogP contribution in [0.25, 0.3) is 0 Å². The van der Waals surface area contributed by atoms with Gasteiger partial charge in [-0.3, -0.25) is 0 Å². The molecule has 0 heterocycles. The van der Waals surface area contributed by atoms with Gasteiger partial charge in [0.1, 0.15) is 0 Å². The van der Waals surface area contributed by atoms with E-state index in [1.54, 1.807) is 0 Å². The Bertz CT molecular complexity index is 320. The van der Waals surface area contributed by atoms with Gasteiger partial charge in [-0.2, -0.15) is 0 Å². The number of carbonyl (C=O) groups is 1. The summed E-state index contributed by atoms with van der Waals surface area (Å²) in [5.74, 6) is -1.33. The number of benzene rings is 1. The first kappa shape index (κ1) is 9.83. The van der Waals surface area contributed by atoms with E-state index in [9.17, 15) is 4.79 Å².